The number of rotatable bonds is 8. The third-order valence-electron chi connectivity index (χ3n) is 4.95. The number of imide groups is 1. The largest absolute Gasteiger partial charge is 0.352 e. The molecule has 0 saturated carbocycles. The quantitative estimate of drug-likeness (QED) is 0.558. The van der Waals surface area contributed by atoms with Crippen LogP contribution in [0.1, 0.15) is 25.0 Å². The van der Waals surface area contributed by atoms with Gasteiger partial charge in [-0.15, -0.1) is 0 Å². The second-order valence-electron chi connectivity index (χ2n) is 7.75. The summed E-state index contributed by atoms with van der Waals surface area (Å²) in [6.45, 7) is 2.92. The van der Waals surface area contributed by atoms with E-state index in [9.17, 15) is 19.2 Å². The molecule has 5 amide bonds. The van der Waals surface area contributed by atoms with Crippen molar-refractivity contribution in [1.82, 2.24) is 20.9 Å². The van der Waals surface area contributed by atoms with Crippen molar-refractivity contribution in [3.8, 4) is 0 Å². The lowest BCUT2D eigenvalue weighted by atomic mass is 9.83. The van der Waals surface area contributed by atoms with Gasteiger partial charge in [0.2, 0.25) is 11.8 Å². The van der Waals surface area contributed by atoms with Crippen LogP contribution < -0.4 is 16.0 Å². The van der Waals surface area contributed by atoms with Crippen LogP contribution in [-0.4, -0.2) is 47.8 Å². The molecule has 0 unspecified atom stereocenters. The predicted molar refractivity (Wildman–Crippen MR) is 115 cm³/mol. The molecule has 8 heteroatoms. The van der Waals surface area contributed by atoms with E-state index >= 15 is 0 Å². The Kier molecular flexibility index (Phi) is 6.69. The molecule has 1 heterocycles. The summed E-state index contributed by atoms with van der Waals surface area (Å²) in [4.78, 5) is 51.1. The van der Waals surface area contributed by atoms with Crippen molar-refractivity contribution in [2.75, 3.05) is 13.1 Å². The van der Waals surface area contributed by atoms with E-state index in [4.69, 9.17) is 0 Å². The van der Waals surface area contributed by atoms with Crippen LogP contribution in [0, 0.1) is 0 Å². The number of hydrogen-bond donors (Lipinski definition) is 3. The molecule has 0 aliphatic carbocycles. The lowest BCUT2D eigenvalue weighted by Gasteiger charge is -2.27. The maximum absolute atomic E-state index is 13.4. The molecule has 0 bridgehead atoms. The zero-order valence-corrected chi connectivity index (χ0v) is 17.6. The maximum atomic E-state index is 13.4. The van der Waals surface area contributed by atoms with E-state index in [2.05, 4.69) is 16.0 Å². The summed E-state index contributed by atoms with van der Waals surface area (Å²) in [7, 11) is 0. The van der Waals surface area contributed by atoms with Crippen molar-refractivity contribution in [3.63, 3.8) is 0 Å². The number of carbonyl (C=O) groups excluding carboxylic acids is 4. The molecule has 0 aromatic heterocycles. The van der Waals surface area contributed by atoms with E-state index in [1.807, 2.05) is 50.2 Å². The standard InChI is InChI=1S/C23H26N4O4/c1-16(2)25-19(28)14-24-20(29)15-27-21(30)23(26-22(27)31,18-11-7-4-8-12-18)13-17-9-5-3-6-10-17/h3-12,16H,13-15H2,1-2H3,(H,24,29)(H,25,28)(H,26,31)/t23-/m0/s1. The molecule has 0 spiro atoms. The number of benzene rings is 2. The van der Waals surface area contributed by atoms with Gasteiger partial charge in [-0.1, -0.05) is 60.7 Å². The molecule has 162 valence electrons. The third kappa shape index (κ3) is 5.09. The molecule has 31 heavy (non-hydrogen) atoms. The summed E-state index contributed by atoms with van der Waals surface area (Å²) >= 11 is 0. The SMILES string of the molecule is CC(C)NC(=O)CNC(=O)CN1C(=O)N[C@@](Cc2ccccc2)(c2ccccc2)C1=O. The molecule has 3 N–H and O–H groups in total. The minimum absolute atomic E-state index is 0.0557. The summed E-state index contributed by atoms with van der Waals surface area (Å²) in [6, 6.07) is 17.6. The van der Waals surface area contributed by atoms with Crippen LogP contribution in [0.2, 0.25) is 0 Å². The van der Waals surface area contributed by atoms with Crippen LogP contribution in [0.25, 0.3) is 0 Å². The van der Waals surface area contributed by atoms with Crippen molar-refractivity contribution < 1.29 is 19.2 Å². The highest BCUT2D eigenvalue weighted by atomic mass is 16.2. The molecule has 1 fully saturated rings. The first-order chi connectivity index (χ1) is 14.8. The molecule has 1 aliphatic heterocycles. The average Bonchev–Trinajstić information content (AvgIpc) is 2.98. The normalized spacial score (nSPS) is 18.1. The lowest BCUT2D eigenvalue weighted by Crippen LogP contribution is -2.47. The summed E-state index contributed by atoms with van der Waals surface area (Å²) in [5.74, 6) is -1.44. The number of nitrogens with one attached hydrogen (secondary N) is 3. The van der Waals surface area contributed by atoms with E-state index < -0.39 is 29.9 Å². The van der Waals surface area contributed by atoms with E-state index in [1.165, 1.54) is 0 Å². The molecular weight excluding hydrogens is 396 g/mol. The van der Waals surface area contributed by atoms with Gasteiger partial charge in [-0.2, -0.15) is 0 Å². The first-order valence-corrected chi connectivity index (χ1v) is 10.1. The van der Waals surface area contributed by atoms with E-state index in [0.717, 1.165) is 10.5 Å². The summed E-state index contributed by atoms with van der Waals surface area (Å²) in [5.41, 5.74) is 0.197. The Hall–Kier alpha value is -3.68. The van der Waals surface area contributed by atoms with Crippen molar-refractivity contribution in [2.45, 2.75) is 31.8 Å². The second kappa shape index (κ2) is 9.42. The Balaban J connectivity index is 1.78. The molecule has 3 rings (SSSR count). The van der Waals surface area contributed by atoms with Crippen LogP contribution >= 0.6 is 0 Å². The van der Waals surface area contributed by atoms with Gasteiger partial charge in [0, 0.05) is 12.5 Å². The van der Waals surface area contributed by atoms with Crippen LogP contribution in [-0.2, 0) is 26.3 Å². The van der Waals surface area contributed by atoms with E-state index in [-0.39, 0.29) is 24.9 Å². The lowest BCUT2D eigenvalue weighted by molar-refractivity contribution is -0.135. The monoisotopic (exact) mass is 422 g/mol. The van der Waals surface area contributed by atoms with Gasteiger partial charge >= 0.3 is 6.03 Å². The highest BCUT2D eigenvalue weighted by Gasteiger charge is 2.52. The Morgan fingerprint density at radius 3 is 2.19 bits per heavy atom. The van der Waals surface area contributed by atoms with Gasteiger partial charge in [0.1, 0.15) is 6.54 Å². The van der Waals surface area contributed by atoms with Gasteiger partial charge in [0.15, 0.2) is 5.54 Å². The highest BCUT2D eigenvalue weighted by Crippen LogP contribution is 2.32. The van der Waals surface area contributed by atoms with E-state index in [0.29, 0.717) is 5.56 Å². The number of amides is 5. The zero-order chi connectivity index (χ0) is 22.4. The topological polar surface area (TPSA) is 108 Å². The van der Waals surface area contributed by atoms with Crippen molar-refractivity contribution in [2.24, 2.45) is 0 Å². The van der Waals surface area contributed by atoms with Gasteiger partial charge < -0.3 is 16.0 Å². The summed E-state index contributed by atoms with van der Waals surface area (Å²) in [6.07, 6.45) is 0.247. The van der Waals surface area contributed by atoms with Gasteiger partial charge in [0.05, 0.1) is 6.54 Å². The molecule has 2 aromatic carbocycles. The van der Waals surface area contributed by atoms with Crippen molar-refractivity contribution in [3.05, 3.63) is 71.8 Å². The van der Waals surface area contributed by atoms with Crippen molar-refractivity contribution in [1.29, 1.82) is 0 Å². The summed E-state index contributed by atoms with van der Waals surface area (Å²) in [5, 5.41) is 7.91. The molecular formula is C23H26N4O4. The number of nitrogens with zero attached hydrogens (tertiary/aromatic N) is 1. The van der Waals surface area contributed by atoms with Crippen LogP contribution in [0.4, 0.5) is 4.79 Å². The Morgan fingerprint density at radius 2 is 1.58 bits per heavy atom. The van der Waals surface area contributed by atoms with Crippen LogP contribution in [0.5, 0.6) is 0 Å². The van der Waals surface area contributed by atoms with Crippen molar-refractivity contribution >= 4 is 23.8 Å². The fourth-order valence-corrected chi connectivity index (χ4v) is 3.56. The Morgan fingerprint density at radius 1 is 0.968 bits per heavy atom. The van der Waals surface area contributed by atoms with Gasteiger partial charge in [-0.25, -0.2) is 4.79 Å². The molecule has 8 nitrogen and oxygen atoms in total. The zero-order valence-electron chi connectivity index (χ0n) is 17.6. The predicted octanol–water partition coefficient (Wildman–Crippen LogP) is 1.32. The minimum Gasteiger partial charge on any atom is -0.352 e. The van der Waals surface area contributed by atoms with Gasteiger partial charge in [0.25, 0.3) is 5.91 Å². The smallest absolute Gasteiger partial charge is 0.325 e. The molecule has 1 atom stereocenters. The average molecular weight is 422 g/mol. The highest BCUT2D eigenvalue weighted by molar-refractivity contribution is 6.09. The van der Waals surface area contributed by atoms with Gasteiger partial charge in [-0.05, 0) is 25.0 Å². The molecule has 1 aliphatic rings. The Bertz CT molecular complexity index is 962. The van der Waals surface area contributed by atoms with Crippen LogP contribution in [0.15, 0.2) is 60.7 Å². The van der Waals surface area contributed by atoms with Gasteiger partial charge in [-0.3, -0.25) is 19.3 Å². The molecule has 2 aromatic rings. The number of hydrogen-bond acceptors (Lipinski definition) is 4. The second-order valence-corrected chi connectivity index (χ2v) is 7.75. The summed E-state index contributed by atoms with van der Waals surface area (Å²) < 4.78 is 0. The fourth-order valence-electron chi connectivity index (χ4n) is 3.56. The van der Waals surface area contributed by atoms with E-state index in [1.54, 1.807) is 24.3 Å². The van der Waals surface area contributed by atoms with Crippen LogP contribution in [0.3, 0.4) is 0 Å². The first-order valence-electron chi connectivity index (χ1n) is 10.1. The third-order valence-corrected chi connectivity index (χ3v) is 4.95. The molecule has 1 saturated heterocycles. The Labute approximate surface area is 181 Å². The minimum atomic E-state index is -1.31. The maximum Gasteiger partial charge on any atom is 0.325 e. The fraction of sp³-hybridized carbons (Fsp3) is 0.304. The first kappa shape index (κ1) is 22.0. The number of urea groups is 1. The number of carbonyl (C=O) groups is 4. The molecule has 0 radical (unpaired) electrons.